The second kappa shape index (κ2) is 7.02. The molecule has 2 atom stereocenters. The molecule has 0 saturated heterocycles. The third kappa shape index (κ3) is 4.52. The number of carbonyl (C=O) groups excluding carboxylic acids is 2. The predicted octanol–water partition coefficient (Wildman–Crippen LogP) is 1.41. The van der Waals surface area contributed by atoms with Crippen LogP contribution in [0.4, 0.5) is 0 Å². The van der Waals surface area contributed by atoms with E-state index >= 15 is 0 Å². The van der Waals surface area contributed by atoms with E-state index in [1.807, 2.05) is 13.8 Å². The molecule has 0 aromatic carbocycles. The number of ketones is 1. The van der Waals surface area contributed by atoms with Crippen molar-refractivity contribution in [2.75, 3.05) is 5.75 Å². The zero-order chi connectivity index (χ0) is 13.7. The number of hydrogen-bond acceptors (Lipinski definition) is 3. The molecule has 4 nitrogen and oxygen atoms in total. The molecule has 1 amide bonds. The van der Waals surface area contributed by atoms with Gasteiger partial charge in [-0.3, -0.25) is 13.8 Å². The van der Waals surface area contributed by atoms with Gasteiger partial charge in [0.05, 0.1) is 6.04 Å². The fourth-order valence-electron chi connectivity index (χ4n) is 2.35. The normalized spacial score (nSPS) is 19.8. The number of amides is 1. The molecule has 18 heavy (non-hydrogen) atoms. The van der Waals surface area contributed by atoms with Gasteiger partial charge in [0, 0.05) is 16.0 Å². The first-order chi connectivity index (χ1) is 8.41. The second-order valence-corrected chi connectivity index (χ2v) is 7.05. The standard InChI is InChI=1S/C13H23NO3S/c1-9(2)13(10(3)15)14-12(16)8-18(17)11-6-4-5-7-11/h9,11,13H,4-8H2,1-3H3,(H,14,16). The minimum Gasteiger partial charge on any atom is -0.345 e. The Kier molecular flexibility index (Phi) is 5.99. The van der Waals surface area contributed by atoms with Gasteiger partial charge in [0.25, 0.3) is 0 Å². The molecule has 1 rings (SSSR count). The lowest BCUT2D eigenvalue weighted by Crippen LogP contribution is -2.45. The van der Waals surface area contributed by atoms with Crippen LogP contribution in [0.3, 0.4) is 0 Å². The van der Waals surface area contributed by atoms with E-state index < -0.39 is 16.8 Å². The van der Waals surface area contributed by atoms with Crippen molar-refractivity contribution in [1.82, 2.24) is 5.32 Å². The first-order valence-electron chi connectivity index (χ1n) is 6.58. The monoisotopic (exact) mass is 273 g/mol. The molecule has 1 N–H and O–H groups in total. The smallest absolute Gasteiger partial charge is 0.233 e. The van der Waals surface area contributed by atoms with Gasteiger partial charge in [-0.1, -0.05) is 26.7 Å². The molecule has 1 aliphatic carbocycles. The summed E-state index contributed by atoms with van der Waals surface area (Å²) >= 11 is 0. The van der Waals surface area contributed by atoms with Gasteiger partial charge in [-0.15, -0.1) is 0 Å². The summed E-state index contributed by atoms with van der Waals surface area (Å²) < 4.78 is 11.9. The highest BCUT2D eigenvalue weighted by atomic mass is 32.2. The Hall–Kier alpha value is -0.710. The van der Waals surface area contributed by atoms with Crippen molar-refractivity contribution < 1.29 is 13.8 Å². The van der Waals surface area contributed by atoms with Crippen LogP contribution in [0.5, 0.6) is 0 Å². The van der Waals surface area contributed by atoms with Crippen LogP contribution in [-0.2, 0) is 20.4 Å². The SMILES string of the molecule is CC(=O)C(NC(=O)CS(=O)C1CCCC1)C(C)C. The van der Waals surface area contributed by atoms with Crippen LogP contribution in [0, 0.1) is 5.92 Å². The largest absolute Gasteiger partial charge is 0.345 e. The van der Waals surface area contributed by atoms with Crippen LogP contribution in [-0.4, -0.2) is 32.9 Å². The van der Waals surface area contributed by atoms with E-state index in [-0.39, 0.29) is 28.6 Å². The Balaban J connectivity index is 2.44. The van der Waals surface area contributed by atoms with Crippen LogP contribution in [0.25, 0.3) is 0 Å². The molecule has 2 unspecified atom stereocenters. The van der Waals surface area contributed by atoms with Gasteiger partial charge in [0.1, 0.15) is 5.75 Å². The highest BCUT2D eigenvalue weighted by molar-refractivity contribution is 7.86. The van der Waals surface area contributed by atoms with Gasteiger partial charge < -0.3 is 5.32 Å². The molecule has 0 heterocycles. The first-order valence-corrected chi connectivity index (χ1v) is 7.97. The zero-order valence-corrected chi connectivity index (χ0v) is 12.2. The molecule has 5 heteroatoms. The zero-order valence-electron chi connectivity index (χ0n) is 11.4. The summed E-state index contributed by atoms with van der Waals surface area (Å²) in [5.74, 6) is -0.230. The topological polar surface area (TPSA) is 63.2 Å². The van der Waals surface area contributed by atoms with Crippen molar-refractivity contribution in [3.63, 3.8) is 0 Å². The molecule has 0 bridgehead atoms. The molecule has 1 saturated carbocycles. The van der Waals surface area contributed by atoms with E-state index in [0.717, 1.165) is 25.7 Å². The van der Waals surface area contributed by atoms with E-state index in [4.69, 9.17) is 0 Å². The molecule has 1 fully saturated rings. The van der Waals surface area contributed by atoms with Gasteiger partial charge in [-0.05, 0) is 25.7 Å². The summed E-state index contributed by atoms with van der Waals surface area (Å²) in [6.45, 7) is 5.25. The Morgan fingerprint density at radius 1 is 1.28 bits per heavy atom. The van der Waals surface area contributed by atoms with E-state index in [2.05, 4.69) is 5.32 Å². The Morgan fingerprint density at radius 2 is 1.83 bits per heavy atom. The lowest BCUT2D eigenvalue weighted by atomic mass is 10.0. The van der Waals surface area contributed by atoms with Crippen LogP contribution < -0.4 is 5.32 Å². The van der Waals surface area contributed by atoms with Crippen molar-refractivity contribution in [3.8, 4) is 0 Å². The van der Waals surface area contributed by atoms with Crippen molar-refractivity contribution in [3.05, 3.63) is 0 Å². The highest BCUT2D eigenvalue weighted by Crippen LogP contribution is 2.22. The maximum absolute atomic E-state index is 11.9. The third-order valence-corrected chi connectivity index (χ3v) is 5.13. The number of rotatable bonds is 6. The van der Waals surface area contributed by atoms with Crippen LogP contribution >= 0.6 is 0 Å². The van der Waals surface area contributed by atoms with Gasteiger partial charge in [0.2, 0.25) is 5.91 Å². The van der Waals surface area contributed by atoms with Gasteiger partial charge in [0.15, 0.2) is 5.78 Å². The first kappa shape index (κ1) is 15.3. The quantitative estimate of drug-likeness (QED) is 0.796. The maximum Gasteiger partial charge on any atom is 0.233 e. The second-order valence-electron chi connectivity index (χ2n) is 5.33. The lowest BCUT2D eigenvalue weighted by molar-refractivity contribution is -0.126. The van der Waals surface area contributed by atoms with E-state index in [1.54, 1.807) is 0 Å². The van der Waals surface area contributed by atoms with Crippen LogP contribution in [0.2, 0.25) is 0 Å². The van der Waals surface area contributed by atoms with Crippen LogP contribution in [0.1, 0.15) is 46.5 Å². The maximum atomic E-state index is 11.9. The molecule has 0 radical (unpaired) electrons. The Labute approximate surface area is 111 Å². The summed E-state index contributed by atoms with van der Waals surface area (Å²) in [5, 5.41) is 2.86. The van der Waals surface area contributed by atoms with Gasteiger partial charge >= 0.3 is 0 Å². The number of Topliss-reactive ketones (excluding diaryl/α,β-unsaturated/α-hetero) is 1. The Morgan fingerprint density at radius 3 is 2.28 bits per heavy atom. The van der Waals surface area contributed by atoms with Crippen molar-refractivity contribution in [1.29, 1.82) is 0 Å². The fourth-order valence-corrected chi connectivity index (χ4v) is 3.79. The molecular weight excluding hydrogens is 250 g/mol. The van der Waals surface area contributed by atoms with Crippen molar-refractivity contribution in [2.24, 2.45) is 5.92 Å². The molecule has 0 aromatic heterocycles. The molecule has 0 aromatic rings. The summed E-state index contributed by atoms with van der Waals surface area (Å²) in [6, 6.07) is -0.460. The molecule has 0 spiro atoms. The van der Waals surface area contributed by atoms with Crippen molar-refractivity contribution in [2.45, 2.75) is 57.7 Å². The van der Waals surface area contributed by atoms with Gasteiger partial charge in [-0.2, -0.15) is 0 Å². The average Bonchev–Trinajstić information content (AvgIpc) is 2.78. The molecule has 104 valence electrons. The lowest BCUT2D eigenvalue weighted by Gasteiger charge is -2.19. The molecule has 1 aliphatic rings. The van der Waals surface area contributed by atoms with E-state index in [9.17, 15) is 13.8 Å². The van der Waals surface area contributed by atoms with Gasteiger partial charge in [-0.25, -0.2) is 0 Å². The molecular formula is C13H23NO3S. The van der Waals surface area contributed by atoms with E-state index in [0.29, 0.717) is 0 Å². The molecule has 0 aliphatic heterocycles. The summed E-state index contributed by atoms with van der Waals surface area (Å²) in [4.78, 5) is 23.1. The predicted molar refractivity (Wildman–Crippen MR) is 72.7 cm³/mol. The fraction of sp³-hybridized carbons (Fsp3) is 0.846. The van der Waals surface area contributed by atoms with Crippen molar-refractivity contribution >= 4 is 22.5 Å². The number of hydrogen-bond donors (Lipinski definition) is 1. The summed E-state index contributed by atoms with van der Waals surface area (Å²) in [7, 11) is -1.09. The third-order valence-electron chi connectivity index (χ3n) is 3.37. The van der Waals surface area contributed by atoms with E-state index in [1.165, 1.54) is 6.92 Å². The average molecular weight is 273 g/mol. The van der Waals surface area contributed by atoms with Crippen LogP contribution in [0.15, 0.2) is 0 Å². The highest BCUT2D eigenvalue weighted by Gasteiger charge is 2.25. The number of nitrogens with one attached hydrogen (secondary N) is 1. The number of carbonyl (C=O) groups is 2. The Bertz CT molecular complexity index is 335. The summed E-state index contributed by atoms with van der Waals surface area (Å²) in [6.07, 6.45) is 4.14. The minimum absolute atomic E-state index is 0.0289. The summed E-state index contributed by atoms with van der Waals surface area (Å²) in [5.41, 5.74) is 0. The minimum atomic E-state index is -1.09.